The predicted molar refractivity (Wildman–Crippen MR) is 130 cm³/mol. The zero-order valence-corrected chi connectivity index (χ0v) is 20.2. The summed E-state index contributed by atoms with van der Waals surface area (Å²) in [6, 6.07) is 13.0. The minimum atomic E-state index is -4.90. The molecular weight excluding hydrogens is 496 g/mol. The average Bonchev–Trinajstić information content (AvgIpc) is 3.28. The number of halogens is 5. The number of hydrogen-bond donors (Lipinski definition) is 2. The van der Waals surface area contributed by atoms with E-state index in [4.69, 9.17) is 23.1 Å². The van der Waals surface area contributed by atoms with Crippen molar-refractivity contribution in [2.75, 3.05) is 0 Å². The number of fused-ring (bicyclic) bond motifs is 3. The first kappa shape index (κ1) is 24.5. The van der Waals surface area contributed by atoms with Gasteiger partial charge in [-0.2, -0.15) is 0 Å². The molecular formula is C26H23ClF4N4O. The van der Waals surface area contributed by atoms with Crippen LogP contribution in [0.3, 0.4) is 0 Å². The Morgan fingerprint density at radius 3 is 2.42 bits per heavy atom. The van der Waals surface area contributed by atoms with Crippen LogP contribution in [-0.4, -0.2) is 15.9 Å². The fourth-order valence-electron chi connectivity index (χ4n) is 4.78. The summed E-state index contributed by atoms with van der Waals surface area (Å²) < 4.78 is 60.6. The Morgan fingerprint density at radius 1 is 1.08 bits per heavy atom. The number of nitrogens with two attached hydrogens (primary N) is 2. The maximum absolute atomic E-state index is 15.2. The van der Waals surface area contributed by atoms with E-state index < -0.39 is 35.6 Å². The number of nitrogens with zero attached hydrogens (tertiary/aromatic N) is 2. The van der Waals surface area contributed by atoms with Gasteiger partial charge in [0.25, 0.3) is 0 Å². The van der Waals surface area contributed by atoms with Crippen LogP contribution in [0, 0.1) is 5.82 Å². The van der Waals surface area contributed by atoms with E-state index in [1.54, 1.807) is 22.8 Å². The van der Waals surface area contributed by atoms with Gasteiger partial charge in [-0.05, 0) is 49.6 Å². The van der Waals surface area contributed by atoms with Crippen molar-refractivity contribution < 1.29 is 22.3 Å². The van der Waals surface area contributed by atoms with E-state index in [1.165, 1.54) is 24.3 Å². The maximum Gasteiger partial charge on any atom is 0.573 e. The van der Waals surface area contributed by atoms with E-state index in [0.717, 1.165) is 5.56 Å². The first-order chi connectivity index (χ1) is 16.8. The number of alkyl halides is 3. The molecule has 0 spiro atoms. The number of aromatic nitrogens is 2. The third-order valence-electron chi connectivity index (χ3n) is 6.44. The van der Waals surface area contributed by atoms with Crippen LogP contribution < -0.4 is 16.2 Å². The second-order valence-corrected chi connectivity index (χ2v) is 9.92. The lowest BCUT2D eigenvalue weighted by Crippen LogP contribution is -2.28. The minimum absolute atomic E-state index is 0.103. The fourth-order valence-corrected chi connectivity index (χ4v) is 5.07. The van der Waals surface area contributed by atoms with Crippen molar-refractivity contribution in [2.45, 2.75) is 44.3 Å². The van der Waals surface area contributed by atoms with Crippen molar-refractivity contribution >= 4 is 22.6 Å². The highest BCUT2D eigenvalue weighted by atomic mass is 35.5. The highest BCUT2D eigenvalue weighted by Crippen LogP contribution is 2.47. The largest absolute Gasteiger partial charge is 0.573 e. The van der Waals surface area contributed by atoms with Crippen LogP contribution in [0.5, 0.6) is 5.75 Å². The lowest BCUT2D eigenvalue weighted by molar-refractivity contribution is -0.275. The quantitative estimate of drug-likeness (QED) is 0.299. The molecule has 0 saturated carbocycles. The topological polar surface area (TPSA) is 79.1 Å². The van der Waals surface area contributed by atoms with Crippen molar-refractivity contribution in [1.82, 2.24) is 9.55 Å². The van der Waals surface area contributed by atoms with Gasteiger partial charge in [0.15, 0.2) is 0 Å². The Bertz CT molecular complexity index is 1460. The first-order valence-electron chi connectivity index (χ1n) is 11.2. The van der Waals surface area contributed by atoms with E-state index in [-0.39, 0.29) is 17.0 Å². The van der Waals surface area contributed by atoms with Crippen LogP contribution in [-0.2, 0) is 5.54 Å². The zero-order valence-electron chi connectivity index (χ0n) is 19.4. The Balaban J connectivity index is 1.66. The molecule has 5 nitrogen and oxygen atoms in total. The molecule has 1 aromatic heterocycles. The molecule has 10 heteroatoms. The van der Waals surface area contributed by atoms with E-state index in [9.17, 15) is 13.2 Å². The number of ether oxygens (including phenoxy) is 1. The molecule has 5 rings (SSSR count). The SMILES string of the molecule is CC(C)(N)c1ccc(-c2cc3c(cc2F)nc2n3[C@@H](c3c(Cl)cccc3OC(F)(F)F)C[C@H]2N)cc1. The molecule has 188 valence electrons. The van der Waals surface area contributed by atoms with E-state index in [2.05, 4.69) is 9.72 Å². The third-order valence-corrected chi connectivity index (χ3v) is 6.77. The van der Waals surface area contributed by atoms with Crippen molar-refractivity contribution in [3.05, 3.63) is 82.4 Å². The Kier molecular flexibility index (Phi) is 5.77. The van der Waals surface area contributed by atoms with Crippen LogP contribution >= 0.6 is 11.6 Å². The average molecular weight is 519 g/mol. The summed E-state index contributed by atoms with van der Waals surface area (Å²) >= 11 is 6.38. The van der Waals surface area contributed by atoms with Crippen molar-refractivity contribution in [2.24, 2.45) is 11.5 Å². The number of benzene rings is 3. The first-order valence-corrected chi connectivity index (χ1v) is 11.6. The molecule has 2 atom stereocenters. The Labute approximate surface area is 209 Å². The van der Waals surface area contributed by atoms with Gasteiger partial charge in [-0.3, -0.25) is 0 Å². The van der Waals surface area contributed by atoms with Gasteiger partial charge in [0.1, 0.15) is 17.4 Å². The molecule has 36 heavy (non-hydrogen) atoms. The van der Waals surface area contributed by atoms with Crippen LogP contribution in [0.4, 0.5) is 17.6 Å². The normalized spacial score (nSPS) is 18.0. The van der Waals surface area contributed by atoms with Gasteiger partial charge >= 0.3 is 6.36 Å². The van der Waals surface area contributed by atoms with Gasteiger partial charge in [0.05, 0.1) is 23.1 Å². The minimum Gasteiger partial charge on any atom is -0.405 e. The molecule has 1 aliphatic heterocycles. The molecule has 0 bridgehead atoms. The fraction of sp³-hybridized carbons (Fsp3) is 0.269. The second kappa shape index (κ2) is 8.47. The van der Waals surface area contributed by atoms with Crippen molar-refractivity contribution in [3.63, 3.8) is 0 Å². The number of imidazole rings is 1. The standard InChI is InChI=1S/C26H23ClF4N4O/c1-25(2,33)14-8-6-13(7-9-14)15-10-20-19(11-17(15)28)34-24-18(32)12-21(35(20)24)23-16(27)4-3-5-22(23)36-26(29,30)31/h3-11,18,21H,12,32-33H2,1-2H3/t18-,21-/m1/s1. The summed E-state index contributed by atoms with van der Waals surface area (Å²) in [7, 11) is 0. The van der Waals surface area contributed by atoms with E-state index in [1.807, 2.05) is 26.0 Å². The lowest BCUT2D eigenvalue weighted by atomic mass is 9.93. The van der Waals surface area contributed by atoms with E-state index >= 15 is 4.39 Å². The molecule has 0 aliphatic carbocycles. The number of hydrogen-bond acceptors (Lipinski definition) is 4. The molecule has 2 heterocycles. The summed E-state index contributed by atoms with van der Waals surface area (Å²) in [5.74, 6) is -0.461. The molecule has 0 saturated heterocycles. The molecule has 0 unspecified atom stereocenters. The summed E-state index contributed by atoms with van der Waals surface area (Å²) in [6.07, 6.45) is -4.65. The van der Waals surface area contributed by atoms with Crippen LogP contribution in [0.1, 0.15) is 49.3 Å². The summed E-state index contributed by atoms with van der Waals surface area (Å²) in [4.78, 5) is 4.50. The second-order valence-electron chi connectivity index (χ2n) is 9.52. The molecule has 0 radical (unpaired) electrons. The highest BCUT2D eigenvalue weighted by molar-refractivity contribution is 6.31. The van der Waals surface area contributed by atoms with Crippen LogP contribution in [0.15, 0.2) is 54.6 Å². The van der Waals surface area contributed by atoms with Gasteiger partial charge in [0, 0.05) is 27.8 Å². The highest BCUT2D eigenvalue weighted by Gasteiger charge is 2.39. The smallest absolute Gasteiger partial charge is 0.405 e. The molecule has 0 fully saturated rings. The predicted octanol–water partition coefficient (Wildman–Crippen LogP) is 6.58. The molecule has 0 amide bonds. The Morgan fingerprint density at radius 2 is 1.78 bits per heavy atom. The Hall–Kier alpha value is -3.14. The van der Waals surface area contributed by atoms with Gasteiger partial charge in [-0.1, -0.05) is 41.9 Å². The van der Waals surface area contributed by atoms with Gasteiger partial charge in [0.2, 0.25) is 0 Å². The molecule has 4 N–H and O–H groups in total. The van der Waals surface area contributed by atoms with Crippen LogP contribution in [0.2, 0.25) is 5.02 Å². The molecule has 4 aromatic rings. The van der Waals surface area contributed by atoms with Crippen molar-refractivity contribution in [1.29, 1.82) is 0 Å². The monoisotopic (exact) mass is 518 g/mol. The van der Waals surface area contributed by atoms with Crippen molar-refractivity contribution in [3.8, 4) is 16.9 Å². The summed E-state index contributed by atoms with van der Waals surface area (Å²) in [6.45, 7) is 3.75. The third kappa shape index (κ3) is 4.31. The maximum atomic E-state index is 15.2. The zero-order chi connectivity index (χ0) is 26.0. The van der Waals surface area contributed by atoms with Gasteiger partial charge in [-0.25, -0.2) is 9.37 Å². The van der Waals surface area contributed by atoms with Crippen LogP contribution in [0.25, 0.3) is 22.2 Å². The van der Waals surface area contributed by atoms with Gasteiger partial charge in [-0.15, -0.1) is 13.2 Å². The lowest BCUT2D eigenvalue weighted by Gasteiger charge is -2.21. The van der Waals surface area contributed by atoms with Gasteiger partial charge < -0.3 is 20.8 Å². The van der Waals surface area contributed by atoms with E-state index in [0.29, 0.717) is 28.0 Å². The summed E-state index contributed by atoms with van der Waals surface area (Å²) in [5.41, 5.74) is 14.8. The number of rotatable bonds is 4. The summed E-state index contributed by atoms with van der Waals surface area (Å²) in [5, 5.41) is 0.103. The molecule has 3 aromatic carbocycles. The molecule has 1 aliphatic rings.